The first kappa shape index (κ1) is 19.4. The Kier molecular flexibility index (Phi) is 4.81. The number of alkyl halides is 3. The molecule has 154 valence electrons. The third kappa shape index (κ3) is 3.59. The Balaban J connectivity index is 1.71. The molecule has 2 aromatic heterocycles. The Labute approximate surface area is 164 Å². The van der Waals surface area contributed by atoms with Gasteiger partial charge in [-0.15, -0.1) is 0 Å². The maximum atomic E-state index is 12.9. The van der Waals surface area contributed by atoms with Gasteiger partial charge in [0.05, 0.1) is 11.8 Å². The molecule has 3 heterocycles. The molecule has 0 unspecified atom stereocenters. The minimum Gasteiger partial charge on any atom is -0.381 e. The highest BCUT2D eigenvalue weighted by atomic mass is 19.4. The molecular formula is C19H20F3N5O2. The van der Waals surface area contributed by atoms with Crippen molar-refractivity contribution in [2.24, 2.45) is 7.05 Å². The predicted octanol–water partition coefficient (Wildman–Crippen LogP) is 3.55. The Morgan fingerprint density at radius 3 is 2.62 bits per heavy atom. The molecule has 1 fully saturated rings. The topological polar surface area (TPSA) is 74.0 Å². The quantitative estimate of drug-likeness (QED) is 0.719. The second kappa shape index (κ2) is 7.18. The number of halogens is 3. The molecule has 0 bridgehead atoms. The van der Waals surface area contributed by atoms with Gasteiger partial charge >= 0.3 is 11.9 Å². The van der Waals surface area contributed by atoms with Crippen molar-refractivity contribution in [1.82, 2.24) is 19.1 Å². The van der Waals surface area contributed by atoms with Crippen LogP contribution in [0, 0.1) is 6.92 Å². The van der Waals surface area contributed by atoms with Gasteiger partial charge in [0, 0.05) is 32.0 Å². The van der Waals surface area contributed by atoms with Crippen LogP contribution >= 0.6 is 0 Å². The van der Waals surface area contributed by atoms with Gasteiger partial charge in [-0.1, -0.05) is 0 Å². The summed E-state index contributed by atoms with van der Waals surface area (Å²) in [7, 11) is 1.66. The molecule has 1 aromatic carbocycles. The molecule has 0 radical (unpaired) electrons. The fraction of sp³-hybridized carbons (Fsp3) is 0.421. The van der Waals surface area contributed by atoms with E-state index in [1.54, 1.807) is 24.7 Å². The second-order valence-corrected chi connectivity index (χ2v) is 7.11. The highest BCUT2D eigenvalue weighted by molar-refractivity contribution is 5.73. The summed E-state index contributed by atoms with van der Waals surface area (Å²) in [5, 5.41) is 2.96. The number of nitrogens with one attached hydrogen (secondary N) is 1. The van der Waals surface area contributed by atoms with Crippen LogP contribution in [0.25, 0.3) is 11.2 Å². The van der Waals surface area contributed by atoms with Gasteiger partial charge in [0.25, 0.3) is 0 Å². The smallest absolute Gasteiger partial charge is 0.381 e. The van der Waals surface area contributed by atoms with Crippen molar-refractivity contribution in [1.29, 1.82) is 0 Å². The molecule has 0 atom stereocenters. The van der Waals surface area contributed by atoms with Crippen molar-refractivity contribution in [3.8, 4) is 0 Å². The van der Waals surface area contributed by atoms with Crippen LogP contribution in [0.3, 0.4) is 0 Å². The van der Waals surface area contributed by atoms with Crippen molar-refractivity contribution >= 4 is 22.8 Å². The summed E-state index contributed by atoms with van der Waals surface area (Å²) in [5.41, 5.74) is 1.08. The van der Waals surface area contributed by atoms with Gasteiger partial charge in [-0.25, -0.2) is 9.78 Å². The van der Waals surface area contributed by atoms with Crippen molar-refractivity contribution in [3.05, 3.63) is 46.0 Å². The summed E-state index contributed by atoms with van der Waals surface area (Å²) in [6.45, 7) is 2.74. The van der Waals surface area contributed by atoms with Crippen molar-refractivity contribution in [2.45, 2.75) is 32.0 Å². The Bertz CT molecular complexity index is 1110. The molecule has 29 heavy (non-hydrogen) atoms. The molecule has 0 saturated carbocycles. The van der Waals surface area contributed by atoms with Gasteiger partial charge in [-0.2, -0.15) is 18.2 Å². The molecule has 7 nitrogen and oxygen atoms in total. The van der Waals surface area contributed by atoms with Gasteiger partial charge in [-0.05, 0) is 43.5 Å². The van der Waals surface area contributed by atoms with Crippen LogP contribution in [0.2, 0.25) is 0 Å². The van der Waals surface area contributed by atoms with Crippen LogP contribution in [0.5, 0.6) is 0 Å². The normalized spacial score (nSPS) is 15.8. The molecule has 1 aliphatic heterocycles. The van der Waals surface area contributed by atoms with Crippen molar-refractivity contribution < 1.29 is 17.9 Å². The van der Waals surface area contributed by atoms with Crippen LogP contribution in [0.4, 0.5) is 24.8 Å². The van der Waals surface area contributed by atoms with Crippen LogP contribution in [-0.4, -0.2) is 32.3 Å². The van der Waals surface area contributed by atoms with E-state index in [9.17, 15) is 18.0 Å². The molecule has 10 heteroatoms. The minimum atomic E-state index is -4.40. The number of nitrogens with zero attached hydrogens (tertiary/aromatic N) is 4. The highest BCUT2D eigenvalue weighted by Gasteiger charge is 2.30. The van der Waals surface area contributed by atoms with Gasteiger partial charge in [0.15, 0.2) is 5.65 Å². The third-order valence-corrected chi connectivity index (χ3v) is 5.19. The lowest BCUT2D eigenvalue weighted by molar-refractivity contribution is -0.137. The first-order valence-corrected chi connectivity index (χ1v) is 9.22. The van der Waals surface area contributed by atoms with Gasteiger partial charge in [0.1, 0.15) is 5.52 Å². The van der Waals surface area contributed by atoms with Crippen LogP contribution in [0.1, 0.15) is 30.0 Å². The van der Waals surface area contributed by atoms with E-state index in [2.05, 4.69) is 15.3 Å². The van der Waals surface area contributed by atoms with E-state index < -0.39 is 11.7 Å². The number of ether oxygens (including phenoxy) is 1. The molecule has 0 amide bonds. The van der Waals surface area contributed by atoms with E-state index in [0.29, 0.717) is 48.5 Å². The number of benzene rings is 1. The maximum Gasteiger partial charge on any atom is 0.416 e. The third-order valence-electron chi connectivity index (χ3n) is 5.19. The molecule has 0 aliphatic carbocycles. The van der Waals surface area contributed by atoms with Crippen LogP contribution in [0.15, 0.2) is 29.2 Å². The fourth-order valence-electron chi connectivity index (χ4n) is 3.57. The van der Waals surface area contributed by atoms with Gasteiger partial charge in [-0.3, -0.25) is 9.13 Å². The fourth-order valence-corrected chi connectivity index (χ4v) is 3.57. The number of aryl methyl sites for hydroxylation is 2. The minimum absolute atomic E-state index is 0.0181. The SMILES string of the molecule is Cc1cc(C(F)(F)F)ccc1Nc1ncc2c(n1)n(C1CCOCC1)c(=O)n2C. The summed E-state index contributed by atoms with van der Waals surface area (Å²) >= 11 is 0. The van der Waals surface area contributed by atoms with E-state index in [0.717, 1.165) is 12.1 Å². The molecule has 1 saturated heterocycles. The Hall–Kier alpha value is -2.88. The first-order valence-electron chi connectivity index (χ1n) is 9.22. The summed E-state index contributed by atoms with van der Waals surface area (Å²) < 4.78 is 47.2. The molecule has 3 aromatic rings. The summed E-state index contributed by atoms with van der Waals surface area (Å²) in [6.07, 6.45) is -1.43. The Morgan fingerprint density at radius 1 is 1.24 bits per heavy atom. The van der Waals surface area contributed by atoms with Gasteiger partial charge in [0.2, 0.25) is 5.95 Å². The number of rotatable bonds is 3. The zero-order chi connectivity index (χ0) is 20.8. The number of hydrogen-bond acceptors (Lipinski definition) is 5. The molecular weight excluding hydrogens is 387 g/mol. The van der Waals surface area contributed by atoms with Crippen molar-refractivity contribution in [2.75, 3.05) is 18.5 Å². The van der Waals surface area contributed by atoms with E-state index in [1.165, 1.54) is 10.6 Å². The van der Waals surface area contributed by atoms with E-state index >= 15 is 0 Å². The standard InChI is InChI=1S/C19H20F3N5O2/c1-11-9-12(19(20,21)22)3-4-14(11)24-17-23-10-15-16(25-17)27(18(28)26(15)2)13-5-7-29-8-6-13/h3-4,9-10,13H,5-8H2,1-2H3,(H,23,24,25). The van der Waals surface area contributed by atoms with E-state index in [1.807, 2.05) is 0 Å². The monoisotopic (exact) mass is 407 g/mol. The maximum absolute atomic E-state index is 12.9. The first-order chi connectivity index (χ1) is 13.8. The highest BCUT2D eigenvalue weighted by Crippen LogP contribution is 2.32. The number of anilines is 2. The Morgan fingerprint density at radius 2 is 1.97 bits per heavy atom. The zero-order valence-corrected chi connectivity index (χ0v) is 16.0. The second-order valence-electron chi connectivity index (χ2n) is 7.11. The predicted molar refractivity (Wildman–Crippen MR) is 101 cm³/mol. The van der Waals surface area contributed by atoms with Crippen LogP contribution in [-0.2, 0) is 18.0 Å². The number of fused-ring (bicyclic) bond motifs is 1. The van der Waals surface area contributed by atoms with Crippen molar-refractivity contribution in [3.63, 3.8) is 0 Å². The average Bonchev–Trinajstić information content (AvgIpc) is 2.93. The number of imidazole rings is 1. The van der Waals surface area contributed by atoms with Crippen LogP contribution < -0.4 is 11.0 Å². The average molecular weight is 407 g/mol. The number of aromatic nitrogens is 4. The largest absolute Gasteiger partial charge is 0.416 e. The number of hydrogen-bond donors (Lipinski definition) is 1. The lowest BCUT2D eigenvalue weighted by atomic mass is 10.1. The summed E-state index contributed by atoms with van der Waals surface area (Å²) in [5.74, 6) is 0.215. The zero-order valence-electron chi connectivity index (χ0n) is 16.0. The molecule has 1 N–H and O–H groups in total. The summed E-state index contributed by atoms with van der Waals surface area (Å²) in [6, 6.07) is 3.41. The van der Waals surface area contributed by atoms with E-state index in [-0.39, 0.29) is 17.7 Å². The van der Waals surface area contributed by atoms with Gasteiger partial charge < -0.3 is 10.1 Å². The summed E-state index contributed by atoms with van der Waals surface area (Å²) in [4.78, 5) is 21.5. The lowest BCUT2D eigenvalue weighted by Gasteiger charge is -2.22. The molecule has 4 rings (SSSR count). The molecule has 1 aliphatic rings. The lowest BCUT2D eigenvalue weighted by Crippen LogP contribution is -2.30. The van der Waals surface area contributed by atoms with E-state index in [4.69, 9.17) is 4.74 Å². The molecule has 0 spiro atoms.